The van der Waals surface area contributed by atoms with Gasteiger partial charge in [0.05, 0.1) is 13.2 Å². The molecule has 1 saturated carbocycles. The van der Waals surface area contributed by atoms with Crippen LogP contribution >= 0.6 is 24.0 Å². The van der Waals surface area contributed by atoms with E-state index in [2.05, 4.69) is 15.6 Å². The molecule has 0 amide bonds. The number of halogens is 2. The lowest BCUT2D eigenvalue weighted by Gasteiger charge is -2.30. The van der Waals surface area contributed by atoms with Crippen molar-refractivity contribution in [2.75, 3.05) is 18.9 Å². The Morgan fingerprint density at radius 2 is 2.11 bits per heavy atom. The summed E-state index contributed by atoms with van der Waals surface area (Å²) in [7, 11) is -0.747. The molecule has 160 valence electrons. The van der Waals surface area contributed by atoms with Crippen molar-refractivity contribution in [3.8, 4) is 5.75 Å². The number of guanidine groups is 1. The predicted molar refractivity (Wildman–Crippen MR) is 126 cm³/mol. The van der Waals surface area contributed by atoms with Crippen LogP contribution in [0.1, 0.15) is 52.0 Å². The molecule has 0 heterocycles. The number of ether oxygens (including phenoxy) is 1. The van der Waals surface area contributed by atoms with Crippen molar-refractivity contribution in [2.24, 2.45) is 4.99 Å². The van der Waals surface area contributed by atoms with Crippen LogP contribution in [0.15, 0.2) is 23.2 Å². The number of hydrogen-bond acceptors (Lipinski definition) is 3. The quantitative estimate of drug-likeness (QED) is 0.306. The third-order valence-electron chi connectivity index (χ3n) is 4.68. The summed E-state index contributed by atoms with van der Waals surface area (Å²) in [5, 5.41) is 6.99. The van der Waals surface area contributed by atoms with Crippen LogP contribution in [-0.2, 0) is 17.3 Å². The van der Waals surface area contributed by atoms with Crippen LogP contribution in [0.3, 0.4) is 0 Å². The van der Waals surface area contributed by atoms with Crippen LogP contribution < -0.4 is 15.4 Å². The average molecular weight is 525 g/mol. The van der Waals surface area contributed by atoms with Gasteiger partial charge in [-0.15, -0.1) is 24.0 Å². The van der Waals surface area contributed by atoms with Gasteiger partial charge in [-0.25, -0.2) is 9.38 Å². The molecule has 3 atom stereocenters. The first-order valence-corrected chi connectivity index (χ1v) is 11.3. The maximum absolute atomic E-state index is 14.0. The molecule has 3 unspecified atom stereocenters. The van der Waals surface area contributed by atoms with E-state index in [-0.39, 0.29) is 46.8 Å². The molecular formula is C20H33FIN3O2S. The SMILES string of the molecule is CCNC(=NCc1ccc(OCC)c(F)c1)NC1CCCC(S(=O)CC)C1.I. The Morgan fingerprint density at radius 3 is 2.75 bits per heavy atom. The van der Waals surface area contributed by atoms with Crippen molar-refractivity contribution < 1.29 is 13.3 Å². The zero-order chi connectivity index (χ0) is 19.6. The fraction of sp³-hybridized carbons (Fsp3) is 0.650. The Morgan fingerprint density at radius 1 is 1.32 bits per heavy atom. The summed E-state index contributed by atoms with van der Waals surface area (Å²) in [5.74, 6) is 1.35. The van der Waals surface area contributed by atoms with E-state index in [0.717, 1.165) is 49.5 Å². The van der Waals surface area contributed by atoms with E-state index in [0.29, 0.717) is 13.2 Å². The van der Waals surface area contributed by atoms with Crippen molar-refractivity contribution >= 4 is 40.7 Å². The second-order valence-corrected chi connectivity index (χ2v) is 8.70. The van der Waals surface area contributed by atoms with Crippen LogP contribution in [0.5, 0.6) is 5.75 Å². The fourth-order valence-electron chi connectivity index (χ4n) is 3.35. The Labute approximate surface area is 187 Å². The summed E-state index contributed by atoms with van der Waals surface area (Å²) in [5.41, 5.74) is 0.793. The molecule has 2 rings (SSSR count). The van der Waals surface area contributed by atoms with Gasteiger partial charge in [-0.3, -0.25) is 4.21 Å². The minimum Gasteiger partial charge on any atom is -0.491 e. The highest BCUT2D eigenvalue weighted by molar-refractivity contribution is 14.0. The molecule has 0 radical (unpaired) electrons. The second-order valence-electron chi connectivity index (χ2n) is 6.69. The summed E-state index contributed by atoms with van der Waals surface area (Å²) < 4.78 is 31.4. The molecule has 1 aliphatic rings. The lowest BCUT2D eigenvalue weighted by molar-refractivity contribution is 0.321. The summed E-state index contributed by atoms with van der Waals surface area (Å²) in [6.45, 7) is 7.40. The largest absolute Gasteiger partial charge is 0.491 e. The van der Waals surface area contributed by atoms with E-state index >= 15 is 0 Å². The van der Waals surface area contributed by atoms with Gasteiger partial charge in [0.2, 0.25) is 0 Å². The maximum Gasteiger partial charge on any atom is 0.191 e. The molecular weight excluding hydrogens is 492 g/mol. The predicted octanol–water partition coefficient (Wildman–Crippen LogP) is 3.98. The molecule has 8 heteroatoms. The molecule has 1 fully saturated rings. The van der Waals surface area contributed by atoms with Gasteiger partial charge in [-0.2, -0.15) is 0 Å². The highest BCUT2D eigenvalue weighted by Gasteiger charge is 2.26. The number of rotatable bonds is 8. The first-order chi connectivity index (χ1) is 13.1. The lowest BCUT2D eigenvalue weighted by Crippen LogP contribution is -2.46. The number of nitrogens with zero attached hydrogens (tertiary/aromatic N) is 1. The number of benzene rings is 1. The van der Waals surface area contributed by atoms with Crippen LogP contribution in [0.25, 0.3) is 0 Å². The minimum absolute atomic E-state index is 0. The molecule has 2 N–H and O–H groups in total. The van der Waals surface area contributed by atoms with Crippen molar-refractivity contribution in [2.45, 2.75) is 64.3 Å². The van der Waals surface area contributed by atoms with Crippen molar-refractivity contribution in [3.05, 3.63) is 29.6 Å². The monoisotopic (exact) mass is 525 g/mol. The molecule has 28 heavy (non-hydrogen) atoms. The van der Waals surface area contributed by atoms with Gasteiger partial charge >= 0.3 is 0 Å². The van der Waals surface area contributed by atoms with Crippen LogP contribution in [0.4, 0.5) is 4.39 Å². The van der Waals surface area contributed by atoms with Crippen LogP contribution in [-0.4, -0.2) is 40.4 Å². The fourth-order valence-corrected chi connectivity index (χ4v) is 4.70. The van der Waals surface area contributed by atoms with E-state index in [1.54, 1.807) is 6.07 Å². The zero-order valence-corrected chi connectivity index (χ0v) is 20.1. The van der Waals surface area contributed by atoms with Gasteiger partial charge in [0.25, 0.3) is 0 Å². The van der Waals surface area contributed by atoms with Gasteiger partial charge in [0, 0.05) is 34.4 Å². The van der Waals surface area contributed by atoms with E-state index in [1.807, 2.05) is 26.8 Å². The topological polar surface area (TPSA) is 62.7 Å². The number of hydrogen-bond donors (Lipinski definition) is 2. The zero-order valence-electron chi connectivity index (χ0n) is 17.0. The Balaban J connectivity index is 0.00000392. The second kappa shape index (κ2) is 13.3. The van der Waals surface area contributed by atoms with E-state index < -0.39 is 10.8 Å². The van der Waals surface area contributed by atoms with Crippen LogP contribution in [0.2, 0.25) is 0 Å². The first-order valence-electron chi connectivity index (χ1n) is 9.90. The number of aliphatic imine (C=N–C) groups is 1. The molecule has 1 aromatic rings. The van der Waals surface area contributed by atoms with Gasteiger partial charge in [-0.05, 0) is 50.8 Å². The molecule has 5 nitrogen and oxygen atoms in total. The van der Waals surface area contributed by atoms with E-state index in [1.165, 1.54) is 6.07 Å². The molecule has 0 spiro atoms. The molecule has 1 aliphatic carbocycles. The Bertz CT molecular complexity index is 660. The molecule has 0 aromatic heterocycles. The van der Waals surface area contributed by atoms with Gasteiger partial charge in [-0.1, -0.05) is 19.4 Å². The van der Waals surface area contributed by atoms with Gasteiger partial charge < -0.3 is 15.4 Å². The van der Waals surface area contributed by atoms with Crippen LogP contribution in [0, 0.1) is 5.82 Å². The Hall–Kier alpha value is -0.900. The van der Waals surface area contributed by atoms with Crippen molar-refractivity contribution in [3.63, 3.8) is 0 Å². The Kier molecular flexibility index (Phi) is 12.0. The van der Waals surface area contributed by atoms with E-state index in [4.69, 9.17) is 4.74 Å². The third kappa shape index (κ3) is 7.85. The molecule has 1 aromatic carbocycles. The molecule has 0 saturated heterocycles. The normalized spacial score (nSPS) is 20.8. The molecule has 0 bridgehead atoms. The summed E-state index contributed by atoms with van der Waals surface area (Å²) in [6.07, 6.45) is 4.08. The average Bonchev–Trinajstić information content (AvgIpc) is 2.68. The standard InChI is InChI=1S/C20H32FN3O2S.HI/c1-4-22-20(24-16-8-7-9-17(13-16)27(25)6-3)23-14-15-10-11-19(26-5-2)18(21)12-15;/h10-12,16-17H,4-9,13-14H2,1-3H3,(H2,22,23,24);1H. The van der Waals surface area contributed by atoms with E-state index in [9.17, 15) is 8.60 Å². The summed E-state index contributed by atoms with van der Waals surface area (Å²) in [4.78, 5) is 4.60. The van der Waals surface area contributed by atoms with Crippen molar-refractivity contribution in [1.29, 1.82) is 0 Å². The summed E-state index contributed by atoms with van der Waals surface area (Å²) >= 11 is 0. The molecule has 0 aliphatic heterocycles. The highest BCUT2D eigenvalue weighted by Crippen LogP contribution is 2.23. The minimum atomic E-state index is -0.747. The number of nitrogens with one attached hydrogen (secondary N) is 2. The smallest absolute Gasteiger partial charge is 0.191 e. The van der Waals surface area contributed by atoms with Gasteiger partial charge in [0.15, 0.2) is 17.5 Å². The maximum atomic E-state index is 14.0. The van der Waals surface area contributed by atoms with Crippen molar-refractivity contribution in [1.82, 2.24) is 10.6 Å². The summed E-state index contributed by atoms with van der Waals surface area (Å²) in [6, 6.07) is 5.23. The van der Waals surface area contributed by atoms with Gasteiger partial charge in [0.1, 0.15) is 0 Å². The first kappa shape index (κ1) is 25.1. The highest BCUT2D eigenvalue weighted by atomic mass is 127. The lowest BCUT2D eigenvalue weighted by atomic mass is 9.95. The third-order valence-corrected chi connectivity index (χ3v) is 6.42.